The van der Waals surface area contributed by atoms with Crippen LogP contribution in [0.4, 0.5) is 4.39 Å². The zero-order valence-electron chi connectivity index (χ0n) is 8.40. The van der Waals surface area contributed by atoms with Crippen LogP contribution in [0.5, 0.6) is 5.75 Å². The summed E-state index contributed by atoms with van der Waals surface area (Å²) >= 11 is 0. The maximum absolute atomic E-state index is 12.6. The minimum Gasteiger partial charge on any atom is -0.426 e. The summed E-state index contributed by atoms with van der Waals surface area (Å²) in [6, 6.07) is 5.08. The number of carbonyl (C=O) groups is 2. The molecule has 0 aromatic heterocycles. The largest absolute Gasteiger partial charge is 0.426 e. The van der Waals surface area contributed by atoms with Crippen molar-refractivity contribution in [1.29, 1.82) is 0 Å². The van der Waals surface area contributed by atoms with Gasteiger partial charge in [0, 0.05) is 6.54 Å². The number of hydrogen-bond donors (Lipinski definition) is 1. The molecule has 1 N–H and O–H groups in total. The van der Waals surface area contributed by atoms with Crippen molar-refractivity contribution in [1.82, 2.24) is 5.32 Å². The van der Waals surface area contributed by atoms with Crippen molar-refractivity contribution in [2.75, 3.05) is 6.54 Å². The first-order valence-electron chi connectivity index (χ1n) is 4.92. The van der Waals surface area contributed by atoms with Crippen LogP contribution < -0.4 is 10.1 Å². The lowest BCUT2D eigenvalue weighted by Gasteiger charge is -2.07. The van der Waals surface area contributed by atoms with Crippen LogP contribution in [0, 0.1) is 11.7 Å². The number of carbonyl (C=O) groups excluding carboxylic acids is 2. The molecule has 2 rings (SSSR count). The van der Waals surface area contributed by atoms with E-state index in [0.29, 0.717) is 13.0 Å². The van der Waals surface area contributed by atoms with Gasteiger partial charge in [-0.25, -0.2) is 4.39 Å². The van der Waals surface area contributed by atoms with E-state index in [9.17, 15) is 14.0 Å². The van der Waals surface area contributed by atoms with Gasteiger partial charge in [0.15, 0.2) is 0 Å². The average Bonchev–Trinajstić information content (AvgIpc) is 2.68. The average molecular weight is 223 g/mol. The number of amides is 1. The first-order valence-corrected chi connectivity index (χ1v) is 4.92. The summed E-state index contributed by atoms with van der Waals surface area (Å²) in [5, 5.41) is 2.55. The van der Waals surface area contributed by atoms with Crippen LogP contribution in [0.1, 0.15) is 6.42 Å². The molecule has 1 aromatic carbocycles. The van der Waals surface area contributed by atoms with E-state index in [1.165, 1.54) is 24.3 Å². The second-order valence-corrected chi connectivity index (χ2v) is 3.51. The summed E-state index contributed by atoms with van der Waals surface area (Å²) in [7, 11) is 0. The molecule has 5 heteroatoms. The van der Waals surface area contributed by atoms with E-state index in [1.807, 2.05) is 0 Å². The second kappa shape index (κ2) is 4.30. The maximum Gasteiger partial charge on any atom is 0.323 e. The Balaban J connectivity index is 2.02. The zero-order chi connectivity index (χ0) is 11.5. The molecular formula is C11H10FNO3. The summed E-state index contributed by atoms with van der Waals surface area (Å²) < 4.78 is 17.5. The van der Waals surface area contributed by atoms with Gasteiger partial charge in [-0.15, -0.1) is 0 Å². The molecule has 0 aliphatic carbocycles. The van der Waals surface area contributed by atoms with Gasteiger partial charge in [0.05, 0.1) is 0 Å². The van der Waals surface area contributed by atoms with Crippen LogP contribution >= 0.6 is 0 Å². The summed E-state index contributed by atoms with van der Waals surface area (Å²) in [5.74, 6) is -1.82. The Kier molecular flexibility index (Phi) is 2.85. The molecule has 1 fully saturated rings. The van der Waals surface area contributed by atoms with Crippen molar-refractivity contribution in [3.63, 3.8) is 0 Å². The smallest absolute Gasteiger partial charge is 0.323 e. The molecule has 0 radical (unpaired) electrons. The SMILES string of the molecule is O=C1NCCC1C(=O)Oc1ccc(F)cc1. The number of hydrogen-bond acceptors (Lipinski definition) is 3. The molecule has 1 aromatic rings. The number of halogens is 1. The molecule has 16 heavy (non-hydrogen) atoms. The number of nitrogens with one attached hydrogen (secondary N) is 1. The first kappa shape index (κ1) is 10.6. The topological polar surface area (TPSA) is 55.4 Å². The molecule has 84 valence electrons. The van der Waals surface area contributed by atoms with E-state index in [1.54, 1.807) is 0 Å². The summed E-state index contributed by atoms with van der Waals surface area (Å²) in [6.07, 6.45) is 0.443. The van der Waals surface area contributed by atoms with Crippen LogP contribution in [-0.4, -0.2) is 18.4 Å². The van der Waals surface area contributed by atoms with Gasteiger partial charge in [-0.05, 0) is 30.7 Å². The van der Waals surface area contributed by atoms with Gasteiger partial charge in [0.25, 0.3) is 0 Å². The van der Waals surface area contributed by atoms with Crippen molar-refractivity contribution >= 4 is 11.9 Å². The lowest BCUT2D eigenvalue weighted by molar-refractivity contribution is -0.143. The molecule has 1 atom stereocenters. The highest BCUT2D eigenvalue weighted by atomic mass is 19.1. The molecule has 0 saturated carbocycles. The Morgan fingerprint density at radius 2 is 2.06 bits per heavy atom. The second-order valence-electron chi connectivity index (χ2n) is 3.51. The highest BCUT2D eigenvalue weighted by molar-refractivity contribution is 5.99. The van der Waals surface area contributed by atoms with Crippen molar-refractivity contribution < 1.29 is 18.7 Å². The van der Waals surface area contributed by atoms with Gasteiger partial charge in [-0.3, -0.25) is 9.59 Å². The summed E-state index contributed by atoms with van der Waals surface area (Å²) in [6.45, 7) is 0.488. The predicted octanol–water partition coefficient (Wildman–Crippen LogP) is 0.867. The van der Waals surface area contributed by atoms with Gasteiger partial charge in [0.1, 0.15) is 17.5 Å². The molecule has 1 saturated heterocycles. The Hall–Kier alpha value is -1.91. The van der Waals surface area contributed by atoms with Gasteiger partial charge in [-0.2, -0.15) is 0 Å². The quantitative estimate of drug-likeness (QED) is 0.459. The standard InChI is InChI=1S/C11H10FNO3/c12-7-1-3-8(4-2-7)16-11(15)9-5-6-13-10(9)14/h1-4,9H,5-6H2,(H,13,14). The van der Waals surface area contributed by atoms with Crippen LogP contribution in [0.2, 0.25) is 0 Å². The number of ether oxygens (including phenoxy) is 1. The Bertz CT molecular complexity index is 416. The lowest BCUT2D eigenvalue weighted by Crippen LogP contribution is -2.28. The van der Waals surface area contributed by atoms with Crippen molar-refractivity contribution in [2.45, 2.75) is 6.42 Å². The minimum absolute atomic E-state index is 0.242. The summed E-state index contributed by atoms with van der Waals surface area (Å²) in [5.41, 5.74) is 0. The minimum atomic E-state index is -0.745. The highest BCUT2D eigenvalue weighted by Crippen LogP contribution is 2.16. The van der Waals surface area contributed by atoms with E-state index >= 15 is 0 Å². The van der Waals surface area contributed by atoms with E-state index in [0.717, 1.165) is 0 Å². The fourth-order valence-electron chi connectivity index (χ4n) is 1.51. The van der Waals surface area contributed by atoms with E-state index in [-0.39, 0.29) is 11.7 Å². The third-order valence-corrected chi connectivity index (χ3v) is 2.37. The van der Waals surface area contributed by atoms with E-state index < -0.39 is 17.7 Å². The first-order chi connectivity index (χ1) is 7.66. The third-order valence-electron chi connectivity index (χ3n) is 2.37. The molecule has 0 spiro atoms. The number of rotatable bonds is 2. The summed E-state index contributed by atoms with van der Waals surface area (Å²) in [4.78, 5) is 22.7. The van der Waals surface area contributed by atoms with Crippen molar-refractivity contribution in [2.24, 2.45) is 5.92 Å². The Morgan fingerprint density at radius 3 is 2.62 bits per heavy atom. The Morgan fingerprint density at radius 1 is 1.38 bits per heavy atom. The van der Waals surface area contributed by atoms with Crippen LogP contribution in [0.25, 0.3) is 0 Å². The molecule has 1 amide bonds. The third kappa shape index (κ3) is 2.18. The van der Waals surface area contributed by atoms with Crippen LogP contribution in [0.15, 0.2) is 24.3 Å². The molecule has 1 heterocycles. The zero-order valence-corrected chi connectivity index (χ0v) is 8.40. The van der Waals surface area contributed by atoms with Gasteiger partial charge >= 0.3 is 5.97 Å². The van der Waals surface area contributed by atoms with Crippen LogP contribution in [0.3, 0.4) is 0 Å². The Labute approximate surface area is 91.4 Å². The normalized spacial score (nSPS) is 19.3. The number of benzene rings is 1. The lowest BCUT2D eigenvalue weighted by atomic mass is 10.1. The van der Waals surface area contributed by atoms with Gasteiger partial charge < -0.3 is 10.1 Å². The van der Waals surface area contributed by atoms with Crippen LogP contribution in [-0.2, 0) is 9.59 Å². The van der Waals surface area contributed by atoms with E-state index in [2.05, 4.69) is 5.32 Å². The van der Waals surface area contributed by atoms with Gasteiger partial charge in [-0.1, -0.05) is 0 Å². The molecule has 1 aliphatic rings. The molecule has 4 nitrogen and oxygen atoms in total. The highest BCUT2D eigenvalue weighted by Gasteiger charge is 2.32. The molecule has 1 aliphatic heterocycles. The predicted molar refractivity (Wildman–Crippen MR) is 53.2 cm³/mol. The maximum atomic E-state index is 12.6. The molecule has 1 unspecified atom stereocenters. The molecule has 0 bridgehead atoms. The monoisotopic (exact) mass is 223 g/mol. The fourth-order valence-corrected chi connectivity index (χ4v) is 1.51. The fraction of sp³-hybridized carbons (Fsp3) is 0.273. The van der Waals surface area contributed by atoms with E-state index in [4.69, 9.17) is 4.74 Å². The number of esters is 1. The van der Waals surface area contributed by atoms with Crippen molar-refractivity contribution in [3.8, 4) is 5.75 Å². The molecular weight excluding hydrogens is 213 g/mol. The van der Waals surface area contributed by atoms with Crippen molar-refractivity contribution in [3.05, 3.63) is 30.1 Å². The van der Waals surface area contributed by atoms with Gasteiger partial charge in [0.2, 0.25) is 5.91 Å².